The van der Waals surface area contributed by atoms with Gasteiger partial charge in [0, 0.05) is 19.8 Å². The van der Waals surface area contributed by atoms with Crippen LogP contribution in [-0.4, -0.2) is 45.4 Å². The molecule has 0 saturated heterocycles. The number of benzene rings is 1. The minimum atomic E-state index is 0. The third kappa shape index (κ3) is 6.95. The van der Waals surface area contributed by atoms with Gasteiger partial charge in [0.05, 0.1) is 27.0 Å². The Bertz CT molecular complexity index is 683. The highest BCUT2D eigenvalue weighted by molar-refractivity contribution is 14.0. The molecule has 0 radical (unpaired) electrons. The average molecular weight is 472 g/mol. The van der Waals surface area contributed by atoms with Crippen molar-refractivity contribution in [2.24, 2.45) is 4.99 Å². The molecule has 0 saturated carbocycles. The first-order valence-corrected chi connectivity index (χ1v) is 7.95. The van der Waals surface area contributed by atoms with Gasteiger partial charge in [0.1, 0.15) is 12.4 Å². The molecule has 8 heteroatoms. The van der Waals surface area contributed by atoms with Crippen LogP contribution in [-0.2, 0) is 6.54 Å². The van der Waals surface area contributed by atoms with Gasteiger partial charge in [-0.1, -0.05) is 6.07 Å². The number of ether oxygens (including phenoxy) is 3. The standard InChI is InChI=1S/C18H24N4O3.HI/c1-19-18(21-9-10-25-15-5-4-8-20-13-15)22-12-14-6-7-16(23-2)17(11-14)24-3;/h4-8,11,13H,9-10,12H2,1-3H3,(H2,19,21,22);1H. The molecule has 26 heavy (non-hydrogen) atoms. The quantitative estimate of drug-likeness (QED) is 0.266. The molecule has 7 nitrogen and oxygen atoms in total. The monoisotopic (exact) mass is 472 g/mol. The van der Waals surface area contributed by atoms with Gasteiger partial charge in [-0.2, -0.15) is 0 Å². The number of rotatable bonds is 8. The van der Waals surface area contributed by atoms with E-state index in [-0.39, 0.29) is 24.0 Å². The number of methoxy groups -OCH3 is 2. The number of nitrogens with one attached hydrogen (secondary N) is 2. The van der Waals surface area contributed by atoms with E-state index in [1.807, 2.05) is 30.3 Å². The van der Waals surface area contributed by atoms with Crippen LogP contribution in [0.2, 0.25) is 0 Å². The van der Waals surface area contributed by atoms with Crippen LogP contribution in [0.25, 0.3) is 0 Å². The van der Waals surface area contributed by atoms with Crippen molar-refractivity contribution in [2.45, 2.75) is 6.54 Å². The molecule has 2 N–H and O–H groups in total. The van der Waals surface area contributed by atoms with Crippen molar-refractivity contribution in [3.63, 3.8) is 0 Å². The molecule has 0 aliphatic heterocycles. The Hall–Kier alpha value is -2.23. The predicted octanol–water partition coefficient (Wildman–Crippen LogP) is 2.46. The van der Waals surface area contributed by atoms with Gasteiger partial charge in [-0.25, -0.2) is 0 Å². The van der Waals surface area contributed by atoms with E-state index in [1.54, 1.807) is 33.7 Å². The summed E-state index contributed by atoms with van der Waals surface area (Å²) in [6.45, 7) is 1.76. The molecule has 1 heterocycles. The second-order valence-electron chi connectivity index (χ2n) is 5.08. The highest BCUT2D eigenvalue weighted by atomic mass is 127. The third-order valence-electron chi connectivity index (χ3n) is 3.43. The average Bonchev–Trinajstić information content (AvgIpc) is 2.68. The largest absolute Gasteiger partial charge is 0.493 e. The number of aromatic nitrogens is 1. The lowest BCUT2D eigenvalue weighted by Crippen LogP contribution is -2.38. The Labute approximate surface area is 171 Å². The second kappa shape index (κ2) is 12.2. The molecule has 2 rings (SSSR count). The van der Waals surface area contributed by atoms with Crippen molar-refractivity contribution in [1.29, 1.82) is 0 Å². The molecule has 0 spiro atoms. The molecule has 1 aromatic heterocycles. The van der Waals surface area contributed by atoms with E-state index >= 15 is 0 Å². The van der Waals surface area contributed by atoms with Crippen LogP contribution in [0.1, 0.15) is 5.56 Å². The molecule has 0 aliphatic rings. The number of hydrogen-bond acceptors (Lipinski definition) is 5. The fraction of sp³-hybridized carbons (Fsp3) is 0.333. The maximum Gasteiger partial charge on any atom is 0.191 e. The highest BCUT2D eigenvalue weighted by Gasteiger charge is 2.05. The Morgan fingerprint density at radius 1 is 1.12 bits per heavy atom. The van der Waals surface area contributed by atoms with E-state index < -0.39 is 0 Å². The topological polar surface area (TPSA) is 77.0 Å². The summed E-state index contributed by atoms with van der Waals surface area (Å²) < 4.78 is 16.1. The van der Waals surface area contributed by atoms with Gasteiger partial charge in [-0.3, -0.25) is 9.98 Å². The Balaban J connectivity index is 0.00000338. The number of nitrogens with zero attached hydrogens (tertiary/aromatic N) is 2. The summed E-state index contributed by atoms with van der Waals surface area (Å²) in [6.07, 6.45) is 3.40. The number of guanidine groups is 1. The van der Waals surface area contributed by atoms with Crippen LogP contribution in [0.3, 0.4) is 0 Å². The molecule has 2 aromatic rings. The second-order valence-corrected chi connectivity index (χ2v) is 5.08. The lowest BCUT2D eigenvalue weighted by molar-refractivity contribution is 0.320. The Kier molecular flexibility index (Phi) is 10.2. The van der Waals surface area contributed by atoms with Gasteiger partial charge in [0.15, 0.2) is 17.5 Å². The zero-order chi connectivity index (χ0) is 17.9. The normalized spacial score (nSPS) is 10.5. The minimum absolute atomic E-state index is 0. The van der Waals surface area contributed by atoms with Crippen LogP contribution in [0, 0.1) is 0 Å². The smallest absolute Gasteiger partial charge is 0.191 e. The van der Waals surface area contributed by atoms with Gasteiger partial charge >= 0.3 is 0 Å². The van der Waals surface area contributed by atoms with Gasteiger partial charge in [-0.15, -0.1) is 24.0 Å². The van der Waals surface area contributed by atoms with Crippen LogP contribution in [0.4, 0.5) is 0 Å². The molecule has 0 atom stereocenters. The number of hydrogen-bond donors (Lipinski definition) is 2. The zero-order valence-electron chi connectivity index (χ0n) is 15.2. The maximum atomic E-state index is 5.58. The molecular formula is C18H25IN4O3. The number of aliphatic imine (C=N–C) groups is 1. The lowest BCUT2D eigenvalue weighted by atomic mass is 10.2. The van der Waals surface area contributed by atoms with E-state index in [9.17, 15) is 0 Å². The summed E-state index contributed by atoms with van der Waals surface area (Å²) >= 11 is 0. The third-order valence-corrected chi connectivity index (χ3v) is 3.43. The van der Waals surface area contributed by atoms with Crippen molar-refractivity contribution >= 4 is 29.9 Å². The molecule has 0 fully saturated rings. The first kappa shape index (κ1) is 21.8. The Morgan fingerprint density at radius 2 is 1.92 bits per heavy atom. The van der Waals surface area contributed by atoms with E-state index in [4.69, 9.17) is 14.2 Å². The first-order chi connectivity index (χ1) is 12.3. The number of halogens is 1. The highest BCUT2D eigenvalue weighted by Crippen LogP contribution is 2.27. The van der Waals surface area contributed by atoms with Crippen LogP contribution >= 0.6 is 24.0 Å². The van der Waals surface area contributed by atoms with E-state index in [2.05, 4.69) is 20.6 Å². The molecular weight excluding hydrogens is 447 g/mol. The van der Waals surface area contributed by atoms with Crippen molar-refractivity contribution < 1.29 is 14.2 Å². The minimum Gasteiger partial charge on any atom is -0.493 e. The van der Waals surface area contributed by atoms with E-state index in [0.717, 1.165) is 11.3 Å². The fourth-order valence-corrected chi connectivity index (χ4v) is 2.17. The summed E-state index contributed by atoms with van der Waals surface area (Å²) in [5, 5.41) is 6.45. The van der Waals surface area contributed by atoms with Gasteiger partial charge in [0.25, 0.3) is 0 Å². The van der Waals surface area contributed by atoms with Crippen LogP contribution < -0.4 is 24.8 Å². The summed E-state index contributed by atoms with van der Waals surface area (Å²) in [4.78, 5) is 8.20. The molecule has 0 unspecified atom stereocenters. The summed E-state index contributed by atoms with van der Waals surface area (Å²) in [5.41, 5.74) is 1.06. The van der Waals surface area contributed by atoms with Crippen molar-refractivity contribution in [3.8, 4) is 17.2 Å². The predicted molar refractivity (Wildman–Crippen MR) is 113 cm³/mol. The van der Waals surface area contributed by atoms with Gasteiger partial charge in [0.2, 0.25) is 0 Å². The summed E-state index contributed by atoms with van der Waals surface area (Å²) in [7, 11) is 4.97. The van der Waals surface area contributed by atoms with Crippen LogP contribution in [0.5, 0.6) is 17.2 Å². The molecule has 0 amide bonds. The first-order valence-electron chi connectivity index (χ1n) is 7.95. The van der Waals surface area contributed by atoms with Crippen molar-refractivity contribution in [1.82, 2.24) is 15.6 Å². The van der Waals surface area contributed by atoms with Gasteiger partial charge in [-0.05, 0) is 29.8 Å². The van der Waals surface area contributed by atoms with Crippen LogP contribution in [0.15, 0.2) is 47.7 Å². The zero-order valence-corrected chi connectivity index (χ0v) is 17.5. The van der Waals surface area contributed by atoms with Gasteiger partial charge < -0.3 is 24.8 Å². The molecule has 142 valence electrons. The fourth-order valence-electron chi connectivity index (χ4n) is 2.17. The summed E-state index contributed by atoms with van der Waals surface area (Å²) in [5.74, 6) is 2.86. The molecule has 1 aromatic carbocycles. The van der Waals surface area contributed by atoms with Crippen molar-refractivity contribution in [2.75, 3.05) is 34.4 Å². The van der Waals surface area contributed by atoms with Crippen molar-refractivity contribution in [3.05, 3.63) is 48.3 Å². The van der Waals surface area contributed by atoms with E-state index in [0.29, 0.717) is 37.2 Å². The SMILES string of the molecule is CN=C(NCCOc1cccnc1)NCc1ccc(OC)c(OC)c1.I. The maximum absolute atomic E-state index is 5.58. The number of pyridine rings is 1. The van der Waals surface area contributed by atoms with E-state index in [1.165, 1.54) is 0 Å². The molecule has 0 aliphatic carbocycles. The molecule has 0 bridgehead atoms. The Morgan fingerprint density at radius 3 is 2.58 bits per heavy atom. The summed E-state index contributed by atoms with van der Waals surface area (Å²) in [6, 6.07) is 9.51. The lowest BCUT2D eigenvalue weighted by Gasteiger charge is -2.14.